The van der Waals surface area contributed by atoms with Crippen LogP contribution in [0.15, 0.2) is 0 Å². The molecule has 3 heteroatoms. The molecule has 0 radical (unpaired) electrons. The highest BCUT2D eigenvalue weighted by Crippen LogP contribution is 2.10. The van der Waals surface area contributed by atoms with Gasteiger partial charge < -0.3 is 10.2 Å². The second-order valence-electron chi connectivity index (χ2n) is 8.20. The third-order valence-electron chi connectivity index (χ3n) is 4.33. The number of nitrogens with zero attached hydrogens (tertiary/aromatic N) is 1. The summed E-state index contributed by atoms with van der Waals surface area (Å²) in [6.07, 6.45) is 15.3. The van der Waals surface area contributed by atoms with Gasteiger partial charge in [-0.25, -0.2) is 4.79 Å². The summed E-state index contributed by atoms with van der Waals surface area (Å²) in [5.74, 6) is 0. The van der Waals surface area contributed by atoms with Crippen LogP contribution in [0.3, 0.4) is 0 Å². The molecule has 0 aliphatic carbocycles. The number of carbonyl (C=O) groups excluding carboxylic acids is 1. The Hall–Kier alpha value is -0.730. The molecule has 0 spiro atoms. The van der Waals surface area contributed by atoms with E-state index in [0.717, 1.165) is 25.9 Å². The van der Waals surface area contributed by atoms with Gasteiger partial charge in [-0.3, -0.25) is 0 Å². The fourth-order valence-corrected chi connectivity index (χ4v) is 2.88. The zero-order valence-electron chi connectivity index (χ0n) is 17.3. The number of urea groups is 1. The summed E-state index contributed by atoms with van der Waals surface area (Å²) in [6, 6.07) is 0.115. The molecular formula is C21H44N2O. The van der Waals surface area contributed by atoms with Crippen molar-refractivity contribution >= 4 is 6.03 Å². The van der Waals surface area contributed by atoms with Gasteiger partial charge in [0.25, 0.3) is 0 Å². The van der Waals surface area contributed by atoms with Crippen molar-refractivity contribution in [3.8, 4) is 0 Å². The predicted molar refractivity (Wildman–Crippen MR) is 107 cm³/mol. The molecule has 0 aromatic carbocycles. The second kappa shape index (κ2) is 14.6. The fourth-order valence-electron chi connectivity index (χ4n) is 2.88. The Labute approximate surface area is 152 Å². The summed E-state index contributed by atoms with van der Waals surface area (Å²) >= 11 is 0. The molecule has 0 aliphatic heterocycles. The molecule has 0 fully saturated rings. The van der Waals surface area contributed by atoms with Gasteiger partial charge in [0.15, 0.2) is 0 Å². The van der Waals surface area contributed by atoms with Crippen LogP contribution >= 0.6 is 0 Å². The van der Waals surface area contributed by atoms with Crippen LogP contribution in [0.25, 0.3) is 0 Å². The minimum absolute atomic E-state index is 0.115. The number of amides is 2. The first-order valence-electron chi connectivity index (χ1n) is 10.5. The van der Waals surface area contributed by atoms with Crippen molar-refractivity contribution in [1.82, 2.24) is 10.2 Å². The summed E-state index contributed by atoms with van der Waals surface area (Å²) in [5.41, 5.74) is -0.155. The van der Waals surface area contributed by atoms with E-state index in [1.807, 2.05) is 4.90 Å². The third kappa shape index (κ3) is 14.8. The first kappa shape index (κ1) is 23.3. The molecule has 0 aliphatic rings. The van der Waals surface area contributed by atoms with Crippen LogP contribution in [0.5, 0.6) is 0 Å². The summed E-state index contributed by atoms with van der Waals surface area (Å²) in [7, 11) is 0. The Morgan fingerprint density at radius 1 is 0.708 bits per heavy atom. The van der Waals surface area contributed by atoms with Gasteiger partial charge >= 0.3 is 6.03 Å². The van der Waals surface area contributed by atoms with Crippen molar-refractivity contribution in [3.05, 3.63) is 0 Å². The highest BCUT2D eigenvalue weighted by atomic mass is 16.2. The van der Waals surface area contributed by atoms with Crippen LogP contribution in [0.1, 0.15) is 112 Å². The molecule has 0 bridgehead atoms. The van der Waals surface area contributed by atoms with Gasteiger partial charge in [0, 0.05) is 18.6 Å². The lowest BCUT2D eigenvalue weighted by Gasteiger charge is -2.28. The van der Waals surface area contributed by atoms with Crippen molar-refractivity contribution in [2.45, 2.75) is 117 Å². The normalized spacial score (nSPS) is 11.5. The molecule has 144 valence electrons. The van der Waals surface area contributed by atoms with Gasteiger partial charge in [-0.15, -0.1) is 0 Å². The number of hydrogen-bond donors (Lipinski definition) is 1. The Bertz CT molecular complexity index is 281. The molecule has 0 rings (SSSR count). The SMILES string of the molecule is CCCCCCCCN(CCCCCCCC)C(=O)NC(C)(C)C. The van der Waals surface area contributed by atoms with E-state index in [2.05, 4.69) is 39.9 Å². The van der Waals surface area contributed by atoms with E-state index in [1.165, 1.54) is 64.2 Å². The number of unbranched alkanes of at least 4 members (excludes halogenated alkanes) is 10. The summed E-state index contributed by atoms with van der Waals surface area (Å²) < 4.78 is 0. The van der Waals surface area contributed by atoms with Gasteiger partial charge in [0.1, 0.15) is 0 Å². The maximum absolute atomic E-state index is 12.5. The van der Waals surface area contributed by atoms with Crippen LogP contribution in [0.2, 0.25) is 0 Å². The van der Waals surface area contributed by atoms with Crippen LogP contribution in [-0.2, 0) is 0 Å². The molecule has 0 atom stereocenters. The van der Waals surface area contributed by atoms with E-state index in [4.69, 9.17) is 0 Å². The monoisotopic (exact) mass is 340 g/mol. The van der Waals surface area contributed by atoms with Gasteiger partial charge in [-0.05, 0) is 33.6 Å². The highest BCUT2D eigenvalue weighted by Gasteiger charge is 2.18. The van der Waals surface area contributed by atoms with Crippen LogP contribution in [0.4, 0.5) is 4.79 Å². The third-order valence-corrected chi connectivity index (χ3v) is 4.33. The molecule has 24 heavy (non-hydrogen) atoms. The molecular weight excluding hydrogens is 296 g/mol. The van der Waals surface area contributed by atoms with E-state index in [0.29, 0.717) is 0 Å². The molecule has 3 nitrogen and oxygen atoms in total. The van der Waals surface area contributed by atoms with Crippen LogP contribution < -0.4 is 5.32 Å². The summed E-state index contributed by atoms with van der Waals surface area (Å²) in [4.78, 5) is 14.6. The standard InChI is InChI=1S/C21H44N2O/c1-6-8-10-12-14-16-18-23(20(24)22-21(3,4)5)19-17-15-13-11-9-7-2/h6-19H2,1-5H3,(H,22,24). The van der Waals surface area contributed by atoms with Crippen molar-refractivity contribution < 1.29 is 4.79 Å². The van der Waals surface area contributed by atoms with Crippen LogP contribution in [-0.4, -0.2) is 29.6 Å². The molecule has 0 aromatic heterocycles. The minimum Gasteiger partial charge on any atom is -0.333 e. The average Bonchev–Trinajstić information content (AvgIpc) is 2.50. The topological polar surface area (TPSA) is 32.3 Å². The minimum atomic E-state index is -0.155. The molecule has 0 saturated heterocycles. The van der Waals surface area contributed by atoms with E-state index >= 15 is 0 Å². The molecule has 1 N–H and O–H groups in total. The quantitative estimate of drug-likeness (QED) is 0.359. The first-order chi connectivity index (χ1) is 11.4. The average molecular weight is 341 g/mol. The molecule has 0 saturated carbocycles. The summed E-state index contributed by atoms with van der Waals surface area (Å²) in [6.45, 7) is 12.5. The Kier molecular flexibility index (Phi) is 14.2. The zero-order valence-corrected chi connectivity index (χ0v) is 17.3. The number of hydrogen-bond acceptors (Lipinski definition) is 1. The second-order valence-corrected chi connectivity index (χ2v) is 8.20. The molecule has 0 unspecified atom stereocenters. The molecule has 0 heterocycles. The van der Waals surface area contributed by atoms with Gasteiger partial charge in [0.2, 0.25) is 0 Å². The van der Waals surface area contributed by atoms with E-state index < -0.39 is 0 Å². The lowest BCUT2D eigenvalue weighted by Crippen LogP contribution is -2.49. The summed E-state index contributed by atoms with van der Waals surface area (Å²) in [5, 5.41) is 3.13. The smallest absolute Gasteiger partial charge is 0.317 e. The number of nitrogens with one attached hydrogen (secondary N) is 1. The Morgan fingerprint density at radius 2 is 1.08 bits per heavy atom. The number of carbonyl (C=O) groups is 1. The predicted octanol–water partition coefficient (Wildman–Crippen LogP) is 6.52. The fraction of sp³-hybridized carbons (Fsp3) is 0.952. The lowest BCUT2D eigenvalue weighted by atomic mass is 10.1. The highest BCUT2D eigenvalue weighted by molar-refractivity contribution is 5.74. The molecule has 2 amide bonds. The van der Waals surface area contributed by atoms with Gasteiger partial charge in [-0.1, -0.05) is 78.1 Å². The Balaban J connectivity index is 4.11. The largest absolute Gasteiger partial charge is 0.333 e. The van der Waals surface area contributed by atoms with Gasteiger partial charge in [0.05, 0.1) is 0 Å². The van der Waals surface area contributed by atoms with Crippen molar-refractivity contribution in [2.24, 2.45) is 0 Å². The zero-order chi connectivity index (χ0) is 18.3. The van der Waals surface area contributed by atoms with E-state index in [9.17, 15) is 4.79 Å². The Morgan fingerprint density at radius 3 is 1.46 bits per heavy atom. The van der Waals surface area contributed by atoms with Gasteiger partial charge in [-0.2, -0.15) is 0 Å². The maximum atomic E-state index is 12.5. The maximum Gasteiger partial charge on any atom is 0.317 e. The van der Waals surface area contributed by atoms with Crippen molar-refractivity contribution in [3.63, 3.8) is 0 Å². The van der Waals surface area contributed by atoms with E-state index in [-0.39, 0.29) is 11.6 Å². The molecule has 0 aromatic rings. The number of rotatable bonds is 14. The van der Waals surface area contributed by atoms with Crippen molar-refractivity contribution in [1.29, 1.82) is 0 Å². The lowest BCUT2D eigenvalue weighted by molar-refractivity contribution is 0.186. The van der Waals surface area contributed by atoms with Crippen molar-refractivity contribution in [2.75, 3.05) is 13.1 Å². The van der Waals surface area contributed by atoms with Crippen LogP contribution in [0, 0.1) is 0 Å². The van der Waals surface area contributed by atoms with E-state index in [1.54, 1.807) is 0 Å². The first-order valence-corrected chi connectivity index (χ1v) is 10.5.